The van der Waals surface area contributed by atoms with Crippen molar-refractivity contribution < 1.29 is 13.2 Å². The van der Waals surface area contributed by atoms with Crippen LogP contribution in [0.15, 0.2) is 0 Å². The molecule has 0 aromatic heterocycles. The van der Waals surface area contributed by atoms with Gasteiger partial charge in [0.1, 0.15) is 0 Å². The highest BCUT2D eigenvalue weighted by Crippen LogP contribution is 2.40. The summed E-state index contributed by atoms with van der Waals surface area (Å²) in [5.41, 5.74) is 0. The van der Waals surface area contributed by atoms with Crippen molar-refractivity contribution in [2.45, 2.75) is 58.2 Å². The van der Waals surface area contributed by atoms with Gasteiger partial charge < -0.3 is 5.32 Å². The van der Waals surface area contributed by atoms with E-state index in [4.69, 9.17) is 0 Å². The standard InChI is InChI=1S/C12H22F3N/c1-3-11(16-4-2)9-5-7-10(8-6-9)12(13,14)15/h9-11,16H,3-8H2,1-2H3. The van der Waals surface area contributed by atoms with Crippen LogP contribution in [-0.4, -0.2) is 18.8 Å². The van der Waals surface area contributed by atoms with Crippen molar-refractivity contribution in [1.82, 2.24) is 5.32 Å². The largest absolute Gasteiger partial charge is 0.391 e. The maximum absolute atomic E-state index is 12.5. The Kier molecular flexibility index (Phi) is 5.09. The van der Waals surface area contributed by atoms with Gasteiger partial charge in [-0.05, 0) is 44.6 Å². The normalized spacial score (nSPS) is 29.1. The molecule has 1 nitrogen and oxygen atoms in total. The number of hydrogen-bond acceptors (Lipinski definition) is 1. The Labute approximate surface area is 95.8 Å². The van der Waals surface area contributed by atoms with E-state index in [-0.39, 0.29) is 0 Å². The molecule has 0 radical (unpaired) electrons. The van der Waals surface area contributed by atoms with E-state index in [1.807, 2.05) is 6.92 Å². The third-order valence-corrected chi connectivity index (χ3v) is 3.71. The Morgan fingerprint density at radius 1 is 1.12 bits per heavy atom. The highest BCUT2D eigenvalue weighted by molar-refractivity contribution is 4.83. The summed E-state index contributed by atoms with van der Waals surface area (Å²) >= 11 is 0. The van der Waals surface area contributed by atoms with Crippen molar-refractivity contribution in [3.05, 3.63) is 0 Å². The van der Waals surface area contributed by atoms with Crippen molar-refractivity contribution in [3.8, 4) is 0 Å². The van der Waals surface area contributed by atoms with Gasteiger partial charge in [-0.15, -0.1) is 0 Å². The molecule has 0 spiro atoms. The summed E-state index contributed by atoms with van der Waals surface area (Å²) in [4.78, 5) is 0. The summed E-state index contributed by atoms with van der Waals surface area (Å²) < 4.78 is 37.5. The SMILES string of the molecule is CCNC(CC)C1CCC(C(F)(F)F)CC1. The highest BCUT2D eigenvalue weighted by atomic mass is 19.4. The van der Waals surface area contributed by atoms with E-state index in [1.54, 1.807) is 0 Å². The van der Waals surface area contributed by atoms with Crippen LogP contribution in [-0.2, 0) is 0 Å². The lowest BCUT2D eigenvalue weighted by molar-refractivity contribution is -0.184. The van der Waals surface area contributed by atoms with Crippen LogP contribution in [0.1, 0.15) is 46.0 Å². The number of rotatable bonds is 4. The topological polar surface area (TPSA) is 12.0 Å². The van der Waals surface area contributed by atoms with Gasteiger partial charge >= 0.3 is 6.18 Å². The molecule has 0 aromatic rings. The molecule has 0 heterocycles. The molecule has 1 aliphatic rings. The summed E-state index contributed by atoms with van der Waals surface area (Å²) in [6, 6.07) is 0.402. The first-order valence-corrected chi connectivity index (χ1v) is 6.29. The highest BCUT2D eigenvalue weighted by Gasteiger charge is 2.42. The summed E-state index contributed by atoms with van der Waals surface area (Å²) in [5, 5.41) is 3.37. The van der Waals surface area contributed by atoms with Crippen LogP contribution in [0.4, 0.5) is 13.2 Å². The van der Waals surface area contributed by atoms with Crippen LogP contribution in [0, 0.1) is 11.8 Å². The van der Waals surface area contributed by atoms with Gasteiger partial charge in [0.15, 0.2) is 0 Å². The predicted octanol–water partition coefficient (Wildman–Crippen LogP) is 3.74. The smallest absolute Gasteiger partial charge is 0.314 e. The third kappa shape index (κ3) is 3.65. The lowest BCUT2D eigenvalue weighted by Crippen LogP contribution is -2.39. The molecule has 1 N–H and O–H groups in total. The fourth-order valence-electron chi connectivity index (χ4n) is 2.76. The van der Waals surface area contributed by atoms with Gasteiger partial charge in [-0.2, -0.15) is 13.2 Å². The number of nitrogens with one attached hydrogen (secondary N) is 1. The Bertz CT molecular complexity index is 195. The fourth-order valence-corrected chi connectivity index (χ4v) is 2.76. The molecule has 1 unspecified atom stereocenters. The van der Waals surface area contributed by atoms with Crippen LogP contribution >= 0.6 is 0 Å². The molecule has 1 aliphatic carbocycles. The van der Waals surface area contributed by atoms with Gasteiger partial charge in [-0.25, -0.2) is 0 Å². The molecular formula is C12H22F3N. The lowest BCUT2D eigenvalue weighted by atomic mass is 9.77. The van der Waals surface area contributed by atoms with Crippen LogP contribution < -0.4 is 5.32 Å². The second-order valence-corrected chi connectivity index (χ2v) is 4.73. The Hall–Kier alpha value is -0.250. The fraction of sp³-hybridized carbons (Fsp3) is 1.00. The summed E-state index contributed by atoms with van der Waals surface area (Å²) in [5.74, 6) is -0.619. The Morgan fingerprint density at radius 2 is 1.69 bits per heavy atom. The second-order valence-electron chi connectivity index (χ2n) is 4.73. The first-order chi connectivity index (χ1) is 7.49. The van der Waals surface area contributed by atoms with Crippen molar-refractivity contribution in [2.75, 3.05) is 6.54 Å². The average Bonchev–Trinajstić information content (AvgIpc) is 2.25. The van der Waals surface area contributed by atoms with Gasteiger partial charge in [-0.1, -0.05) is 13.8 Å². The zero-order valence-electron chi connectivity index (χ0n) is 10.1. The van der Waals surface area contributed by atoms with Gasteiger partial charge in [0.25, 0.3) is 0 Å². The van der Waals surface area contributed by atoms with Crippen molar-refractivity contribution in [2.24, 2.45) is 11.8 Å². The predicted molar refractivity (Wildman–Crippen MR) is 59.3 cm³/mol. The number of hydrogen-bond donors (Lipinski definition) is 1. The molecule has 0 aliphatic heterocycles. The maximum Gasteiger partial charge on any atom is 0.391 e. The van der Waals surface area contributed by atoms with Crippen LogP contribution in [0.3, 0.4) is 0 Å². The second kappa shape index (κ2) is 5.89. The van der Waals surface area contributed by atoms with E-state index in [2.05, 4.69) is 12.2 Å². The summed E-state index contributed by atoms with van der Waals surface area (Å²) in [6.45, 7) is 5.05. The van der Waals surface area contributed by atoms with Gasteiger partial charge in [0.05, 0.1) is 5.92 Å². The Morgan fingerprint density at radius 3 is 2.06 bits per heavy atom. The molecule has 96 valence electrons. The molecule has 0 amide bonds. The minimum atomic E-state index is -3.98. The van der Waals surface area contributed by atoms with Gasteiger partial charge in [0.2, 0.25) is 0 Å². The molecule has 0 bridgehead atoms. The Balaban J connectivity index is 2.41. The van der Waals surface area contributed by atoms with Gasteiger partial charge in [0, 0.05) is 6.04 Å². The molecule has 1 atom stereocenters. The number of alkyl halides is 3. The molecule has 1 saturated carbocycles. The monoisotopic (exact) mass is 237 g/mol. The molecule has 16 heavy (non-hydrogen) atoms. The van der Waals surface area contributed by atoms with E-state index in [9.17, 15) is 13.2 Å². The minimum absolute atomic E-state index is 0.316. The lowest BCUT2D eigenvalue weighted by Gasteiger charge is -2.34. The minimum Gasteiger partial charge on any atom is -0.314 e. The van der Waals surface area contributed by atoms with Crippen molar-refractivity contribution in [1.29, 1.82) is 0 Å². The van der Waals surface area contributed by atoms with Crippen LogP contribution in [0.5, 0.6) is 0 Å². The number of halogens is 3. The van der Waals surface area contributed by atoms with E-state index in [0.29, 0.717) is 24.8 Å². The quantitative estimate of drug-likeness (QED) is 0.785. The first kappa shape index (κ1) is 13.8. The molecule has 0 aromatic carbocycles. The van der Waals surface area contributed by atoms with Crippen LogP contribution in [0.25, 0.3) is 0 Å². The van der Waals surface area contributed by atoms with Crippen molar-refractivity contribution >= 4 is 0 Å². The maximum atomic E-state index is 12.5. The van der Waals surface area contributed by atoms with Gasteiger partial charge in [-0.3, -0.25) is 0 Å². The summed E-state index contributed by atoms with van der Waals surface area (Å²) in [7, 11) is 0. The van der Waals surface area contributed by atoms with E-state index in [1.165, 1.54) is 0 Å². The third-order valence-electron chi connectivity index (χ3n) is 3.71. The molecule has 1 rings (SSSR count). The first-order valence-electron chi connectivity index (χ1n) is 6.29. The molecule has 0 saturated heterocycles. The zero-order chi connectivity index (χ0) is 12.2. The molecular weight excluding hydrogens is 215 g/mol. The summed E-state index contributed by atoms with van der Waals surface area (Å²) in [6.07, 6.45) is -0.905. The molecule has 1 fully saturated rings. The van der Waals surface area contributed by atoms with E-state index in [0.717, 1.165) is 25.8 Å². The average molecular weight is 237 g/mol. The van der Waals surface area contributed by atoms with Crippen molar-refractivity contribution in [3.63, 3.8) is 0 Å². The van der Waals surface area contributed by atoms with Crippen LogP contribution in [0.2, 0.25) is 0 Å². The van der Waals surface area contributed by atoms with E-state index < -0.39 is 12.1 Å². The van der Waals surface area contributed by atoms with E-state index >= 15 is 0 Å². The molecule has 4 heteroatoms. The zero-order valence-corrected chi connectivity index (χ0v) is 10.1.